The summed E-state index contributed by atoms with van der Waals surface area (Å²) in [4.78, 5) is 12.8. The summed E-state index contributed by atoms with van der Waals surface area (Å²) in [6.45, 7) is 0.495. The summed E-state index contributed by atoms with van der Waals surface area (Å²) >= 11 is 6.93. The average Bonchev–Trinajstić information content (AvgIpc) is 2.87. The van der Waals surface area contributed by atoms with Crippen molar-refractivity contribution in [2.24, 2.45) is 0 Å². The molecule has 11 heteroatoms. The largest absolute Gasteiger partial charge is 0.418 e. The Hall–Kier alpha value is -2.51. The maximum atomic E-state index is 13.0. The number of alkyl halides is 3. The van der Waals surface area contributed by atoms with Gasteiger partial charge in [-0.05, 0) is 18.1 Å². The van der Waals surface area contributed by atoms with Crippen LogP contribution in [0.5, 0.6) is 0 Å². The normalized spacial score (nSPS) is 14.0. The van der Waals surface area contributed by atoms with Gasteiger partial charge in [-0.25, -0.2) is 0 Å². The van der Waals surface area contributed by atoms with Crippen LogP contribution in [0.3, 0.4) is 0 Å². The molecule has 0 bridgehead atoms. The molecule has 1 aromatic heterocycles. The van der Waals surface area contributed by atoms with E-state index in [9.17, 15) is 23.3 Å². The van der Waals surface area contributed by atoms with Crippen LogP contribution in [0.25, 0.3) is 0 Å². The van der Waals surface area contributed by atoms with E-state index in [-0.39, 0.29) is 12.2 Å². The second-order valence-corrected chi connectivity index (χ2v) is 7.15. The predicted octanol–water partition coefficient (Wildman–Crippen LogP) is 4.35. The molecule has 0 unspecified atom stereocenters. The van der Waals surface area contributed by atoms with E-state index in [1.807, 2.05) is 6.07 Å². The summed E-state index contributed by atoms with van der Waals surface area (Å²) < 4.78 is 39.0. The fourth-order valence-electron chi connectivity index (χ4n) is 2.92. The second kappa shape index (κ2) is 6.34. The zero-order valence-electron chi connectivity index (χ0n) is 12.9. The van der Waals surface area contributed by atoms with Crippen LogP contribution in [0.4, 0.5) is 29.5 Å². The first kappa shape index (κ1) is 18.3. The van der Waals surface area contributed by atoms with E-state index in [2.05, 4.69) is 0 Å². The van der Waals surface area contributed by atoms with E-state index in [1.165, 1.54) is 11.3 Å². The monoisotopic (exact) mass is 402 g/mol. The topological polar surface area (TPSA) is 96.2 Å². The molecule has 0 fully saturated rings. The number of hydrogen-bond acceptors (Lipinski definition) is 6. The summed E-state index contributed by atoms with van der Waals surface area (Å²) in [5.74, 6) is 0. The smallest absolute Gasteiger partial charge is 0.389 e. The minimum Gasteiger partial charge on any atom is -0.389 e. The highest BCUT2D eigenvalue weighted by Crippen LogP contribution is 2.43. The number of benzene rings is 1. The zero-order chi connectivity index (χ0) is 19.2. The molecule has 0 saturated heterocycles. The third-order valence-electron chi connectivity index (χ3n) is 4.10. The lowest BCUT2D eigenvalue weighted by Gasteiger charge is -2.29. The van der Waals surface area contributed by atoms with Gasteiger partial charge in [0, 0.05) is 17.5 Å². The molecule has 2 heterocycles. The van der Waals surface area contributed by atoms with Crippen molar-refractivity contribution in [3.05, 3.63) is 48.8 Å². The fourth-order valence-corrected chi connectivity index (χ4v) is 4.27. The molecule has 1 aliphatic heterocycles. The molecule has 0 saturated carbocycles. The summed E-state index contributed by atoms with van der Waals surface area (Å²) in [5, 5.41) is 20.2. The lowest BCUT2D eigenvalue weighted by Crippen LogP contribution is -2.30. The molecule has 0 amide bonds. The number of hydrogen-bond donors (Lipinski definition) is 1. The van der Waals surface area contributed by atoms with Crippen molar-refractivity contribution < 1.29 is 18.1 Å². The van der Waals surface area contributed by atoms with E-state index < -0.39 is 27.4 Å². The van der Waals surface area contributed by atoms with Gasteiger partial charge in [0.25, 0.3) is 5.69 Å². The molecule has 0 aliphatic carbocycles. The summed E-state index contributed by atoms with van der Waals surface area (Å²) in [6, 6.07) is 3.46. The van der Waals surface area contributed by atoms with Gasteiger partial charge in [-0.15, -0.1) is 11.3 Å². The van der Waals surface area contributed by atoms with Crippen molar-refractivity contribution in [3.63, 3.8) is 0 Å². The minimum absolute atomic E-state index is 0.00382. The van der Waals surface area contributed by atoms with Crippen molar-refractivity contribution in [2.45, 2.75) is 19.1 Å². The molecule has 26 heavy (non-hydrogen) atoms. The molecular formula is C15H10ClF3N4O2S. The van der Waals surface area contributed by atoms with E-state index in [4.69, 9.17) is 22.6 Å². The molecule has 6 nitrogen and oxygen atoms in total. The quantitative estimate of drug-likeness (QED) is 0.595. The van der Waals surface area contributed by atoms with E-state index in [0.29, 0.717) is 29.6 Å². The predicted molar refractivity (Wildman–Crippen MR) is 91.3 cm³/mol. The third kappa shape index (κ3) is 3.04. The first-order valence-electron chi connectivity index (χ1n) is 7.23. The van der Waals surface area contributed by atoms with Crippen LogP contribution < -0.4 is 10.6 Å². The Balaban J connectivity index is 2.06. The molecule has 0 spiro atoms. The van der Waals surface area contributed by atoms with Gasteiger partial charge in [0.15, 0.2) is 0 Å². The number of nitro groups is 1. The average molecular weight is 403 g/mol. The molecule has 1 aromatic carbocycles. The summed E-state index contributed by atoms with van der Waals surface area (Å²) in [7, 11) is 0. The van der Waals surface area contributed by atoms with Gasteiger partial charge >= 0.3 is 6.18 Å². The Kier molecular flexibility index (Phi) is 4.46. The Bertz CT molecular complexity index is 952. The van der Waals surface area contributed by atoms with Crippen LogP contribution in [-0.4, -0.2) is 11.5 Å². The van der Waals surface area contributed by atoms with Crippen LogP contribution in [0.15, 0.2) is 12.1 Å². The number of fused-ring (bicyclic) bond motifs is 1. The number of halogens is 4. The van der Waals surface area contributed by atoms with Gasteiger partial charge < -0.3 is 10.6 Å². The van der Waals surface area contributed by atoms with Crippen LogP contribution in [0, 0.1) is 21.4 Å². The Labute approximate surface area is 154 Å². The maximum Gasteiger partial charge on any atom is 0.418 e. The highest BCUT2D eigenvalue weighted by atomic mass is 35.5. The molecule has 0 radical (unpaired) electrons. The molecule has 136 valence electrons. The van der Waals surface area contributed by atoms with E-state index in [0.717, 1.165) is 16.5 Å². The van der Waals surface area contributed by atoms with Crippen LogP contribution in [0.1, 0.15) is 21.6 Å². The molecule has 3 rings (SSSR count). The lowest BCUT2D eigenvalue weighted by molar-refractivity contribution is -0.384. The summed E-state index contributed by atoms with van der Waals surface area (Å²) in [6.07, 6.45) is -4.39. The van der Waals surface area contributed by atoms with Crippen molar-refractivity contribution in [2.75, 3.05) is 17.2 Å². The minimum atomic E-state index is -4.79. The number of nitrogen functional groups attached to an aromatic ring is 1. The van der Waals surface area contributed by atoms with Crippen LogP contribution in [-0.2, 0) is 19.1 Å². The van der Waals surface area contributed by atoms with Gasteiger partial charge in [0.05, 0.1) is 27.6 Å². The van der Waals surface area contributed by atoms with Crippen LogP contribution >= 0.6 is 22.9 Å². The Morgan fingerprint density at radius 3 is 2.69 bits per heavy atom. The van der Waals surface area contributed by atoms with Gasteiger partial charge in [0.2, 0.25) is 0 Å². The maximum absolute atomic E-state index is 13.0. The highest BCUT2D eigenvalue weighted by molar-refractivity contribution is 7.16. The lowest BCUT2D eigenvalue weighted by atomic mass is 10.0. The van der Waals surface area contributed by atoms with Gasteiger partial charge in [-0.1, -0.05) is 11.6 Å². The molecular weight excluding hydrogens is 393 g/mol. The molecule has 1 aliphatic rings. The number of nitrogens with zero attached hydrogens (tertiary/aromatic N) is 3. The standard InChI is InChI=1S/C15H10ClF3N4O2S/c16-10-4-11(12(23(24)25)3-9(10)15(17,18)19)22-2-1-7-8(5-20)14(21)26-13(7)6-22/h3-4H,1-2,6,21H2. The number of rotatable bonds is 2. The van der Waals surface area contributed by atoms with Crippen molar-refractivity contribution >= 4 is 39.3 Å². The number of nitrogens with two attached hydrogens (primary N) is 1. The first-order chi connectivity index (χ1) is 12.1. The molecule has 0 atom stereocenters. The zero-order valence-corrected chi connectivity index (χ0v) is 14.5. The van der Waals surface area contributed by atoms with E-state index >= 15 is 0 Å². The van der Waals surface area contributed by atoms with E-state index in [1.54, 1.807) is 4.90 Å². The number of anilines is 2. The Morgan fingerprint density at radius 1 is 1.42 bits per heavy atom. The fraction of sp³-hybridized carbons (Fsp3) is 0.267. The van der Waals surface area contributed by atoms with Gasteiger partial charge in [-0.3, -0.25) is 10.1 Å². The second-order valence-electron chi connectivity index (χ2n) is 5.60. The first-order valence-corrected chi connectivity index (χ1v) is 8.43. The summed E-state index contributed by atoms with van der Waals surface area (Å²) in [5.41, 5.74) is 5.07. The number of thiophene rings is 1. The van der Waals surface area contributed by atoms with Crippen molar-refractivity contribution in [3.8, 4) is 6.07 Å². The van der Waals surface area contributed by atoms with Crippen molar-refractivity contribution in [1.29, 1.82) is 5.26 Å². The van der Waals surface area contributed by atoms with Crippen molar-refractivity contribution in [1.82, 2.24) is 0 Å². The Morgan fingerprint density at radius 2 is 2.12 bits per heavy atom. The molecule has 2 N–H and O–H groups in total. The van der Waals surface area contributed by atoms with Gasteiger partial charge in [0.1, 0.15) is 16.8 Å². The third-order valence-corrected chi connectivity index (χ3v) is 5.46. The number of nitriles is 1. The highest BCUT2D eigenvalue weighted by Gasteiger charge is 2.37. The van der Waals surface area contributed by atoms with Crippen LogP contribution in [0.2, 0.25) is 5.02 Å². The molecule has 2 aromatic rings. The number of nitro benzene ring substituents is 1. The SMILES string of the molecule is N#Cc1c(N)sc2c1CCN(c1cc(Cl)c(C(F)(F)F)cc1[N+](=O)[O-])C2. The van der Waals surface area contributed by atoms with Gasteiger partial charge in [-0.2, -0.15) is 18.4 Å².